The van der Waals surface area contributed by atoms with Gasteiger partial charge in [0.1, 0.15) is 0 Å². The third kappa shape index (κ3) is 3.78. The van der Waals surface area contributed by atoms with Crippen molar-refractivity contribution in [1.82, 2.24) is 0 Å². The van der Waals surface area contributed by atoms with Crippen LogP contribution in [0.3, 0.4) is 0 Å². The van der Waals surface area contributed by atoms with Crippen LogP contribution in [-0.2, 0) is 14.6 Å². The molecule has 0 fully saturated rings. The van der Waals surface area contributed by atoms with Crippen molar-refractivity contribution in [3.8, 4) is 0 Å². The van der Waals surface area contributed by atoms with Gasteiger partial charge in [0.05, 0.1) is 9.79 Å². The first kappa shape index (κ1) is 16.8. The zero-order valence-electron chi connectivity index (χ0n) is 12.9. The number of allylic oxidation sites excluding steroid dienone is 1. The second kappa shape index (κ2) is 6.66. The number of amides is 1. The number of hydrogen-bond acceptors (Lipinski definition) is 4. The molecule has 0 aliphatic rings. The summed E-state index contributed by atoms with van der Waals surface area (Å²) in [6.45, 7) is 3.48. The molecule has 5 nitrogen and oxygen atoms in total. The van der Waals surface area contributed by atoms with Gasteiger partial charge in [-0.05, 0) is 62.4 Å². The smallest absolute Gasteiger partial charge is 0.250 e. The SMILES string of the molecule is C/C=C(\C)C(=O)Nc1ccc(S(=O)(=O)c2ccc(N)cc2)cc1. The van der Waals surface area contributed by atoms with Crippen LogP contribution in [-0.4, -0.2) is 14.3 Å². The number of hydrogen-bond donors (Lipinski definition) is 2. The number of sulfone groups is 1. The fourth-order valence-corrected chi connectivity index (χ4v) is 3.12. The summed E-state index contributed by atoms with van der Waals surface area (Å²) in [5.74, 6) is -0.221. The second-order valence-corrected chi connectivity index (χ2v) is 6.97. The number of nitrogens with one attached hydrogen (secondary N) is 1. The molecular weight excluding hydrogens is 312 g/mol. The highest BCUT2D eigenvalue weighted by Gasteiger charge is 2.17. The third-order valence-electron chi connectivity index (χ3n) is 3.40. The molecule has 2 aromatic carbocycles. The summed E-state index contributed by atoms with van der Waals surface area (Å²) >= 11 is 0. The van der Waals surface area contributed by atoms with Crippen molar-refractivity contribution in [2.75, 3.05) is 11.1 Å². The molecule has 0 aliphatic carbocycles. The van der Waals surface area contributed by atoms with Gasteiger partial charge in [-0.3, -0.25) is 4.79 Å². The molecule has 23 heavy (non-hydrogen) atoms. The minimum Gasteiger partial charge on any atom is -0.399 e. The van der Waals surface area contributed by atoms with Crippen LogP contribution in [0.5, 0.6) is 0 Å². The Morgan fingerprint density at radius 2 is 1.48 bits per heavy atom. The lowest BCUT2D eigenvalue weighted by Crippen LogP contribution is -2.12. The Hall–Kier alpha value is -2.60. The standard InChI is InChI=1S/C17H18N2O3S/c1-3-12(2)17(20)19-14-6-10-16(11-7-14)23(21,22)15-8-4-13(18)5-9-15/h3-11H,18H2,1-2H3,(H,19,20)/b12-3+. The lowest BCUT2D eigenvalue weighted by Gasteiger charge is -2.08. The summed E-state index contributed by atoms with van der Waals surface area (Å²) in [5.41, 5.74) is 7.19. The van der Waals surface area contributed by atoms with Gasteiger partial charge in [0.15, 0.2) is 0 Å². The molecule has 0 aliphatic heterocycles. The average molecular weight is 330 g/mol. The van der Waals surface area contributed by atoms with Gasteiger partial charge in [0.25, 0.3) is 5.91 Å². The van der Waals surface area contributed by atoms with E-state index in [0.717, 1.165) is 0 Å². The molecular formula is C17H18N2O3S. The second-order valence-electron chi connectivity index (χ2n) is 5.02. The van der Waals surface area contributed by atoms with Crippen molar-refractivity contribution < 1.29 is 13.2 Å². The van der Waals surface area contributed by atoms with Crippen LogP contribution in [0, 0.1) is 0 Å². The zero-order chi connectivity index (χ0) is 17.0. The Labute approximate surface area is 135 Å². The Balaban J connectivity index is 2.25. The van der Waals surface area contributed by atoms with Gasteiger partial charge >= 0.3 is 0 Å². The minimum absolute atomic E-state index is 0.156. The van der Waals surface area contributed by atoms with E-state index in [1.54, 1.807) is 44.2 Å². The maximum Gasteiger partial charge on any atom is 0.250 e. The van der Waals surface area contributed by atoms with Crippen molar-refractivity contribution in [3.63, 3.8) is 0 Å². The predicted molar refractivity (Wildman–Crippen MR) is 90.8 cm³/mol. The molecule has 0 atom stereocenters. The lowest BCUT2D eigenvalue weighted by atomic mass is 10.2. The van der Waals surface area contributed by atoms with Crippen LogP contribution in [0.1, 0.15) is 13.8 Å². The molecule has 1 amide bonds. The zero-order valence-corrected chi connectivity index (χ0v) is 13.7. The summed E-state index contributed by atoms with van der Waals surface area (Å²) in [6.07, 6.45) is 1.70. The average Bonchev–Trinajstić information content (AvgIpc) is 2.55. The molecule has 0 unspecified atom stereocenters. The quantitative estimate of drug-likeness (QED) is 0.666. The van der Waals surface area contributed by atoms with Gasteiger partial charge in [-0.15, -0.1) is 0 Å². The minimum atomic E-state index is -3.60. The highest BCUT2D eigenvalue weighted by atomic mass is 32.2. The van der Waals surface area contributed by atoms with Gasteiger partial charge in [-0.25, -0.2) is 8.42 Å². The van der Waals surface area contributed by atoms with Gasteiger partial charge in [-0.1, -0.05) is 6.08 Å². The number of carbonyl (C=O) groups excluding carboxylic acids is 1. The van der Waals surface area contributed by atoms with E-state index >= 15 is 0 Å². The predicted octanol–water partition coefficient (Wildman–Crippen LogP) is 3.01. The summed E-state index contributed by atoms with van der Waals surface area (Å²) in [7, 11) is -3.60. The van der Waals surface area contributed by atoms with Gasteiger partial charge < -0.3 is 11.1 Å². The summed E-state index contributed by atoms with van der Waals surface area (Å²) in [5, 5.41) is 2.70. The Kier molecular flexibility index (Phi) is 4.86. The fourth-order valence-electron chi connectivity index (χ4n) is 1.86. The molecule has 0 radical (unpaired) electrons. The van der Waals surface area contributed by atoms with Gasteiger partial charge in [0.2, 0.25) is 9.84 Å². The molecule has 0 heterocycles. The van der Waals surface area contributed by atoms with Crippen LogP contribution < -0.4 is 11.1 Å². The van der Waals surface area contributed by atoms with Crippen molar-refractivity contribution in [2.45, 2.75) is 23.6 Å². The summed E-state index contributed by atoms with van der Waals surface area (Å²) in [6, 6.07) is 12.1. The first-order valence-electron chi connectivity index (χ1n) is 6.99. The molecule has 0 saturated carbocycles. The maximum absolute atomic E-state index is 12.5. The van der Waals surface area contributed by atoms with Crippen molar-refractivity contribution in [1.29, 1.82) is 0 Å². The molecule has 0 spiro atoms. The summed E-state index contributed by atoms with van der Waals surface area (Å²) in [4.78, 5) is 12.1. The van der Waals surface area contributed by atoms with E-state index in [9.17, 15) is 13.2 Å². The van der Waals surface area contributed by atoms with E-state index in [1.165, 1.54) is 24.3 Å². The molecule has 0 bridgehead atoms. The Bertz CT molecular complexity index is 836. The van der Waals surface area contributed by atoms with E-state index in [1.807, 2.05) is 0 Å². The molecule has 0 aromatic heterocycles. The number of carbonyl (C=O) groups is 1. The molecule has 2 aromatic rings. The molecule has 0 saturated heterocycles. The van der Waals surface area contributed by atoms with Crippen LogP contribution >= 0.6 is 0 Å². The third-order valence-corrected chi connectivity index (χ3v) is 5.19. The molecule has 120 valence electrons. The van der Waals surface area contributed by atoms with Crippen LogP contribution in [0.4, 0.5) is 11.4 Å². The van der Waals surface area contributed by atoms with Crippen LogP contribution in [0.2, 0.25) is 0 Å². The lowest BCUT2D eigenvalue weighted by molar-refractivity contribution is -0.112. The van der Waals surface area contributed by atoms with Gasteiger partial charge in [-0.2, -0.15) is 0 Å². The summed E-state index contributed by atoms with van der Waals surface area (Å²) < 4.78 is 25.0. The maximum atomic E-state index is 12.5. The normalized spacial score (nSPS) is 12.0. The van der Waals surface area contributed by atoms with E-state index in [0.29, 0.717) is 16.9 Å². The van der Waals surface area contributed by atoms with Crippen LogP contribution in [0.25, 0.3) is 0 Å². The Morgan fingerprint density at radius 1 is 1.00 bits per heavy atom. The largest absolute Gasteiger partial charge is 0.399 e. The van der Waals surface area contributed by atoms with E-state index in [2.05, 4.69) is 5.32 Å². The number of anilines is 2. The number of benzene rings is 2. The Morgan fingerprint density at radius 3 is 1.96 bits per heavy atom. The number of rotatable bonds is 4. The highest BCUT2D eigenvalue weighted by Crippen LogP contribution is 2.23. The van der Waals surface area contributed by atoms with Crippen molar-refractivity contribution in [2.24, 2.45) is 0 Å². The van der Waals surface area contributed by atoms with Gasteiger partial charge in [0, 0.05) is 16.9 Å². The highest BCUT2D eigenvalue weighted by molar-refractivity contribution is 7.91. The monoisotopic (exact) mass is 330 g/mol. The van der Waals surface area contributed by atoms with E-state index < -0.39 is 9.84 Å². The molecule has 6 heteroatoms. The number of nitrogen functional groups attached to an aromatic ring is 1. The van der Waals surface area contributed by atoms with E-state index in [-0.39, 0.29) is 15.7 Å². The van der Waals surface area contributed by atoms with Crippen molar-refractivity contribution >= 4 is 27.1 Å². The molecule has 2 rings (SSSR count). The first-order valence-corrected chi connectivity index (χ1v) is 8.48. The topological polar surface area (TPSA) is 89.3 Å². The molecule has 3 N–H and O–H groups in total. The van der Waals surface area contributed by atoms with Crippen LogP contribution in [0.15, 0.2) is 70.0 Å². The number of nitrogens with two attached hydrogens (primary N) is 1. The van der Waals surface area contributed by atoms with Crippen molar-refractivity contribution in [3.05, 3.63) is 60.2 Å². The first-order chi connectivity index (χ1) is 10.8. The van der Waals surface area contributed by atoms with E-state index in [4.69, 9.17) is 5.73 Å². The fraction of sp³-hybridized carbons (Fsp3) is 0.118.